The first-order valence-electron chi connectivity index (χ1n) is 4.13. The smallest absolute Gasteiger partial charge is 0 e. The van der Waals surface area contributed by atoms with Gasteiger partial charge in [-0.1, -0.05) is 26.9 Å². The maximum atomic E-state index is 7.47. The van der Waals surface area contributed by atoms with Crippen LogP contribution in [0.15, 0.2) is 0 Å². The predicted octanol–water partition coefficient (Wildman–Crippen LogP) is 2.36. The fourth-order valence-corrected chi connectivity index (χ4v) is 1.14. The molecule has 0 saturated carbocycles. The molecular weight excluding hydrogens is 497 g/mol. The number of hydrogen-bond acceptors (Lipinski definition) is 1. The maximum absolute atomic E-state index is 7.47. The van der Waals surface area contributed by atoms with Gasteiger partial charge in [0.05, 0.1) is 0 Å². The maximum Gasteiger partial charge on any atom is 0 e. The second-order valence-electron chi connectivity index (χ2n) is 2.69. The van der Waals surface area contributed by atoms with Crippen molar-refractivity contribution < 1.29 is 40.8 Å². The van der Waals surface area contributed by atoms with E-state index in [1.54, 1.807) is 0 Å². The van der Waals surface area contributed by atoms with Gasteiger partial charge in [0, 0.05) is 40.8 Å². The Balaban J connectivity index is -0.000000189. The Kier molecular flexibility index (Phi) is 16.3. The largest absolute Gasteiger partial charge is 0.662 e. The number of hydrogen-bond donors (Lipinski definition) is 0. The third-order valence-electron chi connectivity index (χ3n) is 1.95. The van der Waals surface area contributed by atoms with Crippen LogP contribution in [0.1, 0.15) is 27.2 Å². The van der Waals surface area contributed by atoms with Gasteiger partial charge in [0.15, 0.2) is 0 Å². The van der Waals surface area contributed by atoms with Crippen molar-refractivity contribution in [2.45, 2.75) is 33.4 Å². The number of nitrogens with zero attached hydrogens (tertiary/aromatic N) is 1. The van der Waals surface area contributed by atoms with Crippen molar-refractivity contribution in [3.63, 3.8) is 0 Å². The van der Waals surface area contributed by atoms with Crippen molar-refractivity contribution in [1.82, 2.24) is 4.90 Å². The van der Waals surface area contributed by atoms with Gasteiger partial charge in [-0.15, -0.1) is 0 Å². The summed E-state index contributed by atoms with van der Waals surface area (Å²) in [7, 11) is 2.02. The summed E-state index contributed by atoms with van der Waals surface area (Å²) in [5.41, 5.74) is 7.47. The summed E-state index contributed by atoms with van der Waals surface area (Å²) in [4.78, 5) is 2.09. The van der Waals surface area contributed by atoms with E-state index in [4.69, 9.17) is 5.73 Å². The van der Waals surface area contributed by atoms with Crippen LogP contribution in [0.4, 0.5) is 0 Å². The van der Waals surface area contributed by atoms with Gasteiger partial charge >= 0.3 is 0 Å². The van der Waals surface area contributed by atoms with Gasteiger partial charge in [-0.25, -0.2) is 0 Å². The normalized spacial score (nSPS) is 27.8. The van der Waals surface area contributed by atoms with Gasteiger partial charge in [0.2, 0.25) is 0 Å². The molecule has 0 amide bonds. The molecule has 2 radical (unpaired) electrons. The zero-order valence-electron chi connectivity index (χ0n) is 8.27. The molecule has 12 heavy (non-hydrogen) atoms. The van der Waals surface area contributed by atoms with Crippen LogP contribution in [0.3, 0.4) is 0 Å². The molecule has 0 aliphatic carbocycles. The molecule has 4 heteroatoms. The average molecular weight is 516 g/mol. The molecule has 1 saturated heterocycles. The molecule has 2 atom stereocenters. The van der Waals surface area contributed by atoms with E-state index in [2.05, 4.69) is 11.8 Å². The molecule has 0 aromatic heterocycles. The minimum atomic E-state index is 0. The first-order valence-corrected chi connectivity index (χ1v) is 4.13. The summed E-state index contributed by atoms with van der Waals surface area (Å²) in [6.07, 6.45) is 1.26. The summed E-state index contributed by atoms with van der Waals surface area (Å²) >= 11 is 0. The van der Waals surface area contributed by atoms with E-state index in [0.29, 0.717) is 5.92 Å². The Morgan fingerprint density at radius 1 is 1.25 bits per heavy atom. The molecule has 0 aromatic rings. The molecular formula is C8H19N2Re2-. The Morgan fingerprint density at radius 3 is 1.75 bits per heavy atom. The molecule has 2 nitrogen and oxygen atoms in total. The Morgan fingerprint density at radius 2 is 1.67 bits per heavy atom. The van der Waals surface area contributed by atoms with Gasteiger partial charge in [0.25, 0.3) is 0 Å². The molecule has 1 aliphatic rings. The van der Waals surface area contributed by atoms with Crippen LogP contribution in [-0.4, -0.2) is 24.7 Å². The molecule has 1 rings (SSSR count). The van der Waals surface area contributed by atoms with E-state index in [1.807, 2.05) is 20.9 Å². The number of nitrogens with one attached hydrogen (secondary N) is 1. The zero-order chi connectivity index (χ0) is 8.15. The number of likely N-dealkylation sites (tertiary alicyclic amines) is 1. The van der Waals surface area contributed by atoms with Gasteiger partial charge in [-0.3, -0.25) is 0 Å². The van der Waals surface area contributed by atoms with Gasteiger partial charge < -0.3 is 10.6 Å². The van der Waals surface area contributed by atoms with E-state index < -0.39 is 0 Å². The van der Waals surface area contributed by atoms with Crippen LogP contribution < -0.4 is 0 Å². The molecule has 1 N–H and O–H groups in total. The molecule has 1 aliphatic heterocycles. The predicted molar refractivity (Wildman–Crippen MR) is 45.9 cm³/mol. The SMILES string of the molecule is CC.CC1CCN(C)C1[NH-].[Re].[Re]. The van der Waals surface area contributed by atoms with Crippen molar-refractivity contribution in [3.05, 3.63) is 5.73 Å². The molecule has 0 aromatic carbocycles. The molecule has 76 valence electrons. The first-order chi connectivity index (χ1) is 4.72. The minimum absolute atomic E-state index is 0. The Labute approximate surface area is 104 Å². The average Bonchev–Trinajstić information content (AvgIpc) is 2.25. The molecule has 2 unspecified atom stereocenters. The number of rotatable bonds is 0. The summed E-state index contributed by atoms with van der Waals surface area (Å²) < 4.78 is 0. The fourth-order valence-electron chi connectivity index (χ4n) is 1.14. The molecule has 1 heterocycles. The van der Waals surface area contributed by atoms with Crippen LogP contribution in [0.5, 0.6) is 0 Å². The van der Waals surface area contributed by atoms with Crippen molar-refractivity contribution in [1.29, 1.82) is 0 Å². The van der Waals surface area contributed by atoms with Crippen LogP contribution in [0.25, 0.3) is 5.73 Å². The van der Waals surface area contributed by atoms with Gasteiger partial charge in [0.1, 0.15) is 0 Å². The van der Waals surface area contributed by atoms with E-state index in [9.17, 15) is 0 Å². The third-order valence-corrected chi connectivity index (χ3v) is 1.95. The Hall–Kier alpha value is 1.24. The van der Waals surface area contributed by atoms with Crippen LogP contribution in [0.2, 0.25) is 0 Å². The van der Waals surface area contributed by atoms with Gasteiger partial charge in [-0.05, 0) is 25.9 Å². The van der Waals surface area contributed by atoms with Crippen LogP contribution in [-0.2, 0) is 40.8 Å². The van der Waals surface area contributed by atoms with E-state index in [0.717, 1.165) is 6.54 Å². The fraction of sp³-hybridized carbons (Fsp3) is 1.00. The quantitative estimate of drug-likeness (QED) is 0.487. The van der Waals surface area contributed by atoms with Crippen molar-refractivity contribution >= 4 is 0 Å². The molecule has 0 spiro atoms. The van der Waals surface area contributed by atoms with E-state index >= 15 is 0 Å². The summed E-state index contributed by atoms with van der Waals surface area (Å²) in [6.45, 7) is 7.25. The second kappa shape index (κ2) is 10.3. The van der Waals surface area contributed by atoms with Gasteiger partial charge in [-0.2, -0.15) is 0 Å². The monoisotopic (exact) mass is 517 g/mol. The zero-order valence-corrected chi connectivity index (χ0v) is 13.7. The van der Waals surface area contributed by atoms with Crippen molar-refractivity contribution in [2.24, 2.45) is 5.92 Å². The van der Waals surface area contributed by atoms with Crippen molar-refractivity contribution in [2.75, 3.05) is 13.6 Å². The van der Waals surface area contributed by atoms with Crippen molar-refractivity contribution in [3.8, 4) is 0 Å². The minimum Gasteiger partial charge on any atom is -0.662 e. The summed E-state index contributed by atoms with van der Waals surface area (Å²) in [5, 5.41) is 0. The first kappa shape index (κ1) is 18.9. The molecule has 1 fully saturated rings. The Bertz CT molecular complexity index is 81.1. The van der Waals surface area contributed by atoms with Crippen LogP contribution in [0, 0.1) is 5.92 Å². The topological polar surface area (TPSA) is 27.0 Å². The standard InChI is InChI=1S/C6H13N2.C2H6.2Re/c1-5-3-4-8(2)6(5)7;1-2;;/h5-7H,3-4H2,1-2H3;1-2H3;;/q-1;;;. The second-order valence-corrected chi connectivity index (χ2v) is 2.69. The third kappa shape index (κ3) is 5.82. The summed E-state index contributed by atoms with van der Waals surface area (Å²) in [5.74, 6) is 0.583. The van der Waals surface area contributed by atoms with Crippen LogP contribution >= 0.6 is 0 Å². The van der Waals surface area contributed by atoms with E-state index in [1.165, 1.54) is 6.42 Å². The summed E-state index contributed by atoms with van der Waals surface area (Å²) in [6, 6.07) is 0. The van der Waals surface area contributed by atoms with E-state index in [-0.39, 0.29) is 47.0 Å². The molecule has 0 bridgehead atoms.